The van der Waals surface area contributed by atoms with E-state index in [9.17, 15) is 0 Å². The molecule has 0 aromatic carbocycles. The standard InChI is InChI=1S/C27H56/c1-5-7-8-9-10-11-12-13-14-15-16-17-18-19-20-21-22-23-24-27(4)25-26(3)6-2/h26-27H,5-25H2,1-4H3. The minimum Gasteiger partial charge on any atom is -0.0654 e. The van der Waals surface area contributed by atoms with E-state index < -0.39 is 0 Å². The Bertz CT molecular complexity index is 257. The highest BCUT2D eigenvalue weighted by atomic mass is 14.1. The Balaban J connectivity index is 3.09. The Morgan fingerprint density at radius 3 is 1.07 bits per heavy atom. The maximum atomic E-state index is 2.46. The number of rotatable bonds is 22. The molecular weight excluding hydrogens is 324 g/mol. The van der Waals surface area contributed by atoms with Crippen LogP contribution >= 0.6 is 0 Å². The van der Waals surface area contributed by atoms with E-state index in [2.05, 4.69) is 27.7 Å². The summed E-state index contributed by atoms with van der Waals surface area (Å²) < 4.78 is 0. The first kappa shape index (κ1) is 27.0. The van der Waals surface area contributed by atoms with Gasteiger partial charge in [0.1, 0.15) is 0 Å². The summed E-state index contributed by atoms with van der Waals surface area (Å²) in [7, 11) is 0. The Hall–Kier alpha value is 0. The fourth-order valence-electron chi connectivity index (χ4n) is 4.37. The zero-order valence-electron chi connectivity index (χ0n) is 20.0. The smallest absolute Gasteiger partial charge is 0.0440 e. The maximum Gasteiger partial charge on any atom is -0.0440 e. The number of hydrogen-bond donors (Lipinski definition) is 0. The molecule has 0 spiro atoms. The Morgan fingerprint density at radius 1 is 0.407 bits per heavy atom. The molecular formula is C27H56. The van der Waals surface area contributed by atoms with Gasteiger partial charge in [-0.05, 0) is 18.3 Å². The van der Waals surface area contributed by atoms with Gasteiger partial charge in [-0.2, -0.15) is 0 Å². The third-order valence-corrected chi connectivity index (χ3v) is 6.55. The number of unbranched alkanes of at least 4 members (excludes halogenated alkanes) is 17. The minimum atomic E-state index is 0.926. The average molecular weight is 381 g/mol. The van der Waals surface area contributed by atoms with Crippen molar-refractivity contribution in [3.8, 4) is 0 Å². The zero-order chi connectivity index (χ0) is 20.0. The average Bonchev–Trinajstić information content (AvgIpc) is 2.66. The van der Waals surface area contributed by atoms with Crippen LogP contribution in [0.5, 0.6) is 0 Å². The lowest BCUT2D eigenvalue weighted by molar-refractivity contribution is 0.374. The van der Waals surface area contributed by atoms with Gasteiger partial charge in [0.15, 0.2) is 0 Å². The molecule has 0 fully saturated rings. The van der Waals surface area contributed by atoms with E-state index in [4.69, 9.17) is 0 Å². The molecule has 0 amide bonds. The second-order valence-electron chi connectivity index (χ2n) is 9.65. The maximum absolute atomic E-state index is 2.46. The first-order chi connectivity index (χ1) is 13.2. The van der Waals surface area contributed by atoms with Crippen LogP contribution < -0.4 is 0 Å². The van der Waals surface area contributed by atoms with Crippen LogP contribution in [0.15, 0.2) is 0 Å². The fourth-order valence-corrected chi connectivity index (χ4v) is 4.37. The predicted octanol–water partition coefficient (Wildman–Crippen LogP) is 10.5. The Kier molecular flexibility index (Phi) is 22.3. The van der Waals surface area contributed by atoms with E-state index in [1.807, 2.05) is 0 Å². The molecule has 0 saturated carbocycles. The lowest BCUT2D eigenvalue weighted by atomic mass is 9.91. The molecule has 0 bridgehead atoms. The third-order valence-electron chi connectivity index (χ3n) is 6.55. The molecule has 0 aliphatic heterocycles. The van der Waals surface area contributed by atoms with Crippen LogP contribution in [-0.4, -0.2) is 0 Å². The minimum absolute atomic E-state index is 0.926. The summed E-state index contributed by atoms with van der Waals surface area (Å²) in [6, 6.07) is 0. The van der Waals surface area contributed by atoms with Crippen molar-refractivity contribution in [3.05, 3.63) is 0 Å². The summed E-state index contributed by atoms with van der Waals surface area (Å²) in [6.07, 6.45) is 30.8. The van der Waals surface area contributed by atoms with Gasteiger partial charge in [0.2, 0.25) is 0 Å². The molecule has 164 valence electrons. The van der Waals surface area contributed by atoms with Gasteiger partial charge in [0.05, 0.1) is 0 Å². The van der Waals surface area contributed by atoms with E-state index in [1.54, 1.807) is 0 Å². The summed E-state index contributed by atoms with van der Waals surface area (Å²) in [5, 5.41) is 0. The van der Waals surface area contributed by atoms with E-state index in [0.29, 0.717) is 0 Å². The summed E-state index contributed by atoms with van der Waals surface area (Å²) in [5.74, 6) is 1.87. The molecule has 0 heterocycles. The molecule has 0 aliphatic rings. The van der Waals surface area contributed by atoms with E-state index in [1.165, 1.54) is 135 Å². The molecule has 0 aliphatic carbocycles. The highest BCUT2D eigenvalue weighted by Crippen LogP contribution is 2.21. The molecule has 0 rings (SSSR count). The highest BCUT2D eigenvalue weighted by Gasteiger charge is 2.06. The van der Waals surface area contributed by atoms with Crippen LogP contribution in [0.4, 0.5) is 0 Å². The SMILES string of the molecule is CCCCCCCCCCCCCCCCCCCCC(C)CC(C)CC. The highest BCUT2D eigenvalue weighted by molar-refractivity contribution is 4.59. The van der Waals surface area contributed by atoms with Crippen LogP contribution in [0.1, 0.15) is 163 Å². The van der Waals surface area contributed by atoms with Crippen molar-refractivity contribution >= 4 is 0 Å². The summed E-state index contributed by atoms with van der Waals surface area (Å²) >= 11 is 0. The van der Waals surface area contributed by atoms with Crippen LogP contribution in [0.3, 0.4) is 0 Å². The first-order valence-electron chi connectivity index (χ1n) is 13.2. The Morgan fingerprint density at radius 2 is 0.741 bits per heavy atom. The molecule has 2 atom stereocenters. The van der Waals surface area contributed by atoms with Crippen LogP contribution in [0.2, 0.25) is 0 Å². The van der Waals surface area contributed by atoms with Crippen LogP contribution in [0.25, 0.3) is 0 Å². The molecule has 0 N–H and O–H groups in total. The van der Waals surface area contributed by atoms with Crippen molar-refractivity contribution in [3.63, 3.8) is 0 Å². The van der Waals surface area contributed by atoms with Crippen molar-refractivity contribution in [2.75, 3.05) is 0 Å². The van der Waals surface area contributed by atoms with Crippen molar-refractivity contribution in [2.45, 2.75) is 163 Å². The monoisotopic (exact) mass is 380 g/mol. The molecule has 0 nitrogen and oxygen atoms in total. The number of hydrogen-bond acceptors (Lipinski definition) is 0. The third kappa shape index (κ3) is 22.2. The van der Waals surface area contributed by atoms with Crippen molar-refractivity contribution < 1.29 is 0 Å². The second-order valence-corrected chi connectivity index (χ2v) is 9.65. The molecule has 0 heteroatoms. The van der Waals surface area contributed by atoms with Gasteiger partial charge >= 0.3 is 0 Å². The lowest BCUT2D eigenvalue weighted by Crippen LogP contribution is -2.02. The molecule has 0 aromatic rings. The molecule has 0 aromatic heterocycles. The summed E-state index contributed by atoms with van der Waals surface area (Å²) in [6.45, 7) is 9.50. The topological polar surface area (TPSA) is 0 Å². The Labute approximate surface area is 174 Å². The van der Waals surface area contributed by atoms with Gasteiger partial charge in [-0.25, -0.2) is 0 Å². The van der Waals surface area contributed by atoms with Crippen molar-refractivity contribution in [2.24, 2.45) is 11.8 Å². The van der Waals surface area contributed by atoms with E-state index in [0.717, 1.165) is 11.8 Å². The quantitative estimate of drug-likeness (QED) is 0.164. The normalized spacial score (nSPS) is 13.8. The molecule has 0 radical (unpaired) electrons. The van der Waals surface area contributed by atoms with Crippen LogP contribution in [0, 0.1) is 11.8 Å². The van der Waals surface area contributed by atoms with Gasteiger partial charge in [0.25, 0.3) is 0 Å². The van der Waals surface area contributed by atoms with Gasteiger partial charge in [0, 0.05) is 0 Å². The molecule has 27 heavy (non-hydrogen) atoms. The van der Waals surface area contributed by atoms with Gasteiger partial charge in [-0.15, -0.1) is 0 Å². The second kappa shape index (κ2) is 22.3. The summed E-state index contributed by atoms with van der Waals surface area (Å²) in [4.78, 5) is 0. The summed E-state index contributed by atoms with van der Waals surface area (Å²) in [5.41, 5.74) is 0. The van der Waals surface area contributed by atoms with Gasteiger partial charge in [-0.3, -0.25) is 0 Å². The van der Waals surface area contributed by atoms with E-state index in [-0.39, 0.29) is 0 Å². The predicted molar refractivity (Wildman–Crippen MR) is 127 cm³/mol. The zero-order valence-corrected chi connectivity index (χ0v) is 20.0. The van der Waals surface area contributed by atoms with E-state index >= 15 is 0 Å². The van der Waals surface area contributed by atoms with Gasteiger partial charge < -0.3 is 0 Å². The molecule has 0 saturated heterocycles. The lowest BCUT2D eigenvalue weighted by Gasteiger charge is -2.15. The van der Waals surface area contributed by atoms with Crippen molar-refractivity contribution in [1.82, 2.24) is 0 Å². The fraction of sp³-hybridized carbons (Fsp3) is 1.00. The van der Waals surface area contributed by atoms with Crippen LogP contribution in [-0.2, 0) is 0 Å². The van der Waals surface area contributed by atoms with Crippen molar-refractivity contribution in [1.29, 1.82) is 0 Å². The van der Waals surface area contributed by atoms with Gasteiger partial charge in [-0.1, -0.05) is 156 Å². The molecule has 2 unspecified atom stereocenters. The first-order valence-corrected chi connectivity index (χ1v) is 13.2. The largest absolute Gasteiger partial charge is 0.0654 e.